The molecule has 4 aromatic rings. The highest BCUT2D eigenvalue weighted by molar-refractivity contribution is 6.25. The van der Waals surface area contributed by atoms with Gasteiger partial charge in [-0.05, 0) is 43.3 Å². The summed E-state index contributed by atoms with van der Waals surface area (Å²) < 4.78 is 12.6. The van der Waals surface area contributed by atoms with E-state index in [-0.39, 0.29) is 5.76 Å². The summed E-state index contributed by atoms with van der Waals surface area (Å²) in [7, 11) is 0. The number of furan rings is 1. The number of hydrogen-bond acceptors (Lipinski definition) is 6. The second kappa shape index (κ2) is 8.20. The van der Waals surface area contributed by atoms with Crippen LogP contribution >= 0.6 is 0 Å². The lowest BCUT2D eigenvalue weighted by Crippen LogP contribution is -2.34. The number of carbonyl (C=O) groups excluding carboxylic acids is 3. The molecule has 1 unspecified atom stereocenters. The summed E-state index contributed by atoms with van der Waals surface area (Å²) in [6.45, 7) is 1.49. The summed E-state index contributed by atoms with van der Waals surface area (Å²) in [5, 5.41) is 5.59. The summed E-state index contributed by atoms with van der Waals surface area (Å²) >= 11 is 0. The Morgan fingerprint density at radius 1 is 1.06 bits per heavy atom. The molecule has 7 heteroatoms. The van der Waals surface area contributed by atoms with Gasteiger partial charge in [0.1, 0.15) is 17.0 Å². The van der Waals surface area contributed by atoms with Gasteiger partial charge in [-0.3, -0.25) is 14.4 Å². The SMILES string of the molecule is CC1=CC(=O)C(C(=O)C=Cc2cn(-c3ccccc3)nc2-c2cc3ccccc3o2)C(=O)O1. The minimum atomic E-state index is -1.50. The predicted octanol–water partition coefficient (Wildman–Crippen LogP) is 4.51. The largest absolute Gasteiger partial charge is 0.454 e. The molecule has 0 fully saturated rings. The standard InChI is InChI=1S/C26H18N2O5/c1-16-13-21(30)24(26(31)32-16)20(29)12-11-18-15-28(19-8-3-2-4-9-19)27-25(18)23-14-17-7-5-6-10-22(17)33-23/h2-15,24H,1H3. The zero-order valence-corrected chi connectivity index (χ0v) is 17.6. The van der Waals surface area contributed by atoms with Crippen molar-refractivity contribution < 1.29 is 23.5 Å². The van der Waals surface area contributed by atoms with Gasteiger partial charge >= 0.3 is 5.97 Å². The van der Waals surface area contributed by atoms with Crippen LogP contribution in [-0.4, -0.2) is 27.3 Å². The molecule has 1 aliphatic rings. The average molecular weight is 438 g/mol. The Morgan fingerprint density at radius 2 is 1.82 bits per heavy atom. The third kappa shape index (κ3) is 3.92. The van der Waals surface area contributed by atoms with E-state index in [9.17, 15) is 14.4 Å². The average Bonchev–Trinajstić information content (AvgIpc) is 3.41. The molecule has 0 saturated carbocycles. The fraction of sp³-hybridized carbons (Fsp3) is 0.0769. The van der Waals surface area contributed by atoms with E-state index >= 15 is 0 Å². The normalized spacial score (nSPS) is 16.3. The van der Waals surface area contributed by atoms with Crippen molar-refractivity contribution in [1.29, 1.82) is 0 Å². The van der Waals surface area contributed by atoms with Crippen LogP contribution in [0.1, 0.15) is 12.5 Å². The topological polar surface area (TPSA) is 91.4 Å². The molecule has 0 N–H and O–H groups in total. The number of esters is 1. The predicted molar refractivity (Wildman–Crippen MR) is 121 cm³/mol. The second-order valence-electron chi connectivity index (χ2n) is 7.61. The maximum atomic E-state index is 12.7. The number of aromatic nitrogens is 2. The summed E-state index contributed by atoms with van der Waals surface area (Å²) in [5.41, 5.74) is 2.65. The number of ketones is 2. The van der Waals surface area contributed by atoms with E-state index in [0.717, 1.165) is 17.1 Å². The van der Waals surface area contributed by atoms with E-state index in [2.05, 4.69) is 5.10 Å². The Bertz CT molecular complexity index is 1420. The van der Waals surface area contributed by atoms with Gasteiger partial charge in [0.15, 0.2) is 23.2 Å². The highest BCUT2D eigenvalue weighted by Gasteiger charge is 2.36. The Balaban J connectivity index is 1.54. The minimum Gasteiger partial charge on any atom is -0.454 e. The third-order valence-corrected chi connectivity index (χ3v) is 5.26. The lowest BCUT2D eigenvalue weighted by molar-refractivity contribution is -0.151. The lowest BCUT2D eigenvalue weighted by Gasteiger charge is -2.15. The molecule has 0 radical (unpaired) electrons. The van der Waals surface area contributed by atoms with E-state index < -0.39 is 23.5 Å². The Labute approximate surface area is 188 Å². The van der Waals surface area contributed by atoms with Crippen LogP contribution in [0.15, 0.2) is 89.2 Å². The fourth-order valence-corrected chi connectivity index (χ4v) is 3.68. The van der Waals surface area contributed by atoms with E-state index in [1.54, 1.807) is 10.9 Å². The van der Waals surface area contributed by atoms with Crippen molar-refractivity contribution in [3.05, 3.63) is 90.3 Å². The number of allylic oxidation sites excluding steroid dienone is 3. The first-order valence-electron chi connectivity index (χ1n) is 10.3. The smallest absolute Gasteiger partial charge is 0.329 e. The highest BCUT2D eigenvalue weighted by atomic mass is 16.5. The molecule has 0 bridgehead atoms. The molecule has 162 valence electrons. The fourth-order valence-electron chi connectivity index (χ4n) is 3.68. The molecule has 1 atom stereocenters. The minimum absolute atomic E-state index is 0.175. The molecule has 1 aliphatic heterocycles. The number of para-hydroxylation sites is 2. The molecule has 0 saturated heterocycles. The number of hydrogen-bond donors (Lipinski definition) is 0. The molecule has 2 aromatic heterocycles. The van der Waals surface area contributed by atoms with E-state index in [4.69, 9.17) is 9.15 Å². The van der Waals surface area contributed by atoms with E-state index in [1.807, 2.05) is 60.7 Å². The number of fused-ring (bicyclic) bond motifs is 1. The molecule has 0 amide bonds. The Hall–Kier alpha value is -4.52. The molecular formula is C26H18N2O5. The first-order chi connectivity index (χ1) is 16.0. The summed E-state index contributed by atoms with van der Waals surface area (Å²) in [6, 6.07) is 19.0. The summed E-state index contributed by atoms with van der Waals surface area (Å²) in [4.78, 5) is 36.9. The number of nitrogens with zero attached hydrogens (tertiary/aromatic N) is 2. The van der Waals surface area contributed by atoms with Crippen molar-refractivity contribution in [2.45, 2.75) is 6.92 Å². The van der Waals surface area contributed by atoms with Crippen LogP contribution < -0.4 is 0 Å². The maximum absolute atomic E-state index is 12.7. The number of ether oxygens (including phenoxy) is 1. The van der Waals surface area contributed by atoms with Gasteiger partial charge in [-0.15, -0.1) is 0 Å². The summed E-state index contributed by atoms with van der Waals surface area (Å²) in [6.07, 6.45) is 5.65. The van der Waals surface area contributed by atoms with E-state index in [1.165, 1.54) is 19.1 Å². The maximum Gasteiger partial charge on any atom is 0.329 e. The quantitative estimate of drug-likeness (QED) is 0.259. The van der Waals surface area contributed by atoms with Crippen molar-refractivity contribution in [3.8, 4) is 17.1 Å². The van der Waals surface area contributed by atoms with Crippen LogP contribution in [0.4, 0.5) is 0 Å². The lowest BCUT2D eigenvalue weighted by atomic mass is 9.96. The van der Waals surface area contributed by atoms with Gasteiger partial charge in [0.05, 0.1) is 5.69 Å². The van der Waals surface area contributed by atoms with Crippen LogP contribution in [0.25, 0.3) is 34.2 Å². The van der Waals surface area contributed by atoms with Gasteiger partial charge in [-0.1, -0.05) is 36.4 Å². The zero-order valence-electron chi connectivity index (χ0n) is 17.6. The van der Waals surface area contributed by atoms with Crippen LogP contribution in [0.5, 0.6) is 0 Å². The molecule has 3 heterocycles. The first kappa shape index (κ1) is 20.4. The van der Waals surface area contributed by atoms with Crippen LogP contribution in [0.3, 0.4) is 0 Å². The molecule has 0 aliphatic carbocycles. The van der Waals surface area contributed by atoms with Crippen LogP contribution in [0.2, 0.25) is 0 Å². The Kier molecular flexibility index (Phi) is 5.06. The van der Waals surface area contributed by atoms with E-state index in [0.29, 0.717) is 22.6 Å². The number of carbonyl (C=O) groups is 3. The second-order valence-corrected chi connectivity index (χ2v) is 7.61. The van der Waals surface area contributed by atoms with Crippen molar-refractivity contribution >= 4 is 34.6 Å². The van der Waals surface area contributed by atoms with Gasteiger partial charge < -0.3 is 9.15 Å². The molecule has 33 heavy (non-hydrogen) atoms. The summed E-state index contributed by atoms with van der Waals surface area (Å²) in [5.74, 6) is -2.90. The van der Waals surface area contributed by atoms with Gasteiger partial charge in [-0.2, -0.15) is 5.10 Å². The molecular weight excluding hydrogens is 420 g/mol. The first-order valence-corrected chi connectivity index (χ1v) is 10.3. The van der Waals surface area contributed by atoms with Crippen molar-refractivity contribution in [2.24, 2.45) is 5.92 Å². The molecule has 5 rings (SSSR count). The third-order valence-electron chi connectivity index (χ3n) is 5.26. The van der Waals surface area contributed by atoms with Gasteiger partial charge in [-0.25, -0.2) is 4.68 Å². The molecule has 0 spiro atoms. The number of cyclic esters (lactones) is 1. The monoisotopic (exact) mass is 438 g/mol. The molecule has 2 aromatic carbocycles. The number of rotatable bonds is 5. The highest BCUT2D eigenvalue weighted by Crippen LogP contribution is 2.30. The van der Waals surface area contributed by atoms with Crippen molar-refractivity contribution in [1.82, 2.24) is 9.78 Å². The Morgan fingerprint density at radius 3 is 2.58 bits per heavy atom. The van der Waals surface area contributed by atoms with Crippen LogP contribution in [-0.2, 0) is 19.1 Å². The van der Waals surface area contributed by atoms with Crippen LogP contribution in [0, 0.1) is 5.92 Å². The zero-order chi connectivity index (χ0) is 22.9. The number of benzene rings is 2. The van der Waals surface area contributed by atoms with Crippen molar-refractivity contribution in [2.75, 3.05) is 0 Å². The molecule has 7 nitrogen and oxygen atoms in total. The van der Waals surface area contributed by atoms with Gasteiger partial charge in [0, 0.05) is 23.2 Å². The van der Waals surface area contributed by atoms with Crippen molar-refractivity contribution in [3.63, 3.8) is 0 Å². The van der Waals surface area contributed by atoms with Gasteiger partial charge in [0.2, 0.25) is 0 Å². The van der Waals surface area contributed by atoms with Gasteiger partial charge in [0.25, 0.3) is 0 Å².